The third-order valence-electron chi connectivity index (χ3n) is 7.44. The SMILES string of the molecule is O=C(Nc1cn(C2CCC(CO)CC2)nc1C(F)F)c1c(N2C[C@H]3C[C@@H]2CO3)nn2cccnc12. The van der Waals surface area contributed by atoms with Gasteiger partial charge in [0.2, 0.25) is 0 Å². The first-order valence-electron chi connectivity index (χ1n) is 12.0. The van der Waals surface area contributed by atoms with Crippen LogP contribution < -0.4 is 10.2 Å². The minimum absolute atomic E-state index is 0.0122. The number of carbonyl (C=O) groups is 1. The third kappa shape index (κ3) is 3.94. The van der Waals surface area contributed by atoms with Crippen LogP contribution in [0.4, 0.5) is 20.3 Å². The molecule has 1 aliphatic carbocycles. The lowest BCUT2D eigenvalue weighted by molar-refractivity contribution is 0.0979. The number of ether oxygens (including phenoxy) is 1. The van der Waals surface area contributed by atoms with Gasteiger partial charge in [0.15, 0.2) is 17.2 Å². The largest absolute Gasteiger partial charge is 0.396 e. The van der Waals surface area contributed by atoms with Crippen molar-refractivity contribution in [1.82, 2.24) is 24.4 Å². The molecule has 5 heterocycles. The molecule has 6 rings (SSSR count). The zero-order chi connectivity index (χ0) is 24.1. The first-order chi connectivity index (χ1) is 17.0. The Kier molecular flexibility index (Phi) is 5.64. The van der Waals surface area contributed by atoms with Crippen LogP contribution in [0.25, 0.3) is 5.65 Å². The molecule has 3 aliphatic rings. The maximum absolute atomic E-state index is 13.9. The van der Waals surface area contributed by atoms with Gasteiger partial charge in [0.05, 0.1) is 30.5 Å². The molecule has 0 aromatic carbocycles. The van der Waals surface area contributed by atoms with E-state index in [9.17, 15) is 18.7 Å². The van der Waals surface area contributed by atoms with Gasteiger partial charge in [0, 0.05) is 31.7 Å². The van der Waals surface area contributed by atoms with Gasteiger partial charge >= 0.3 is 0 Å². The predicted molar refractivity (Wildman–Crippen MR) is 122 cm³/mol. The molecule has 0 spiro atoms. The number of fused-ring (bicyclic) bond motifs is 3. The highest BCUT2D eigenvalue weighted by Gasteiger charge is 2.42. The number of carbonyl (C=O) groups excluding carboxylic acids is 1. The number of halogens is 2. The number of aromatic nitrogens is 5. The lowest BCUT2D eigenvalue weighted by atomic mass is 9.87. The minimum Gasteiger partial charge on any atom is -0.396 e. The number of aliphatic hydroxyl groups excluding tert-OH is 1. The average Bonchev–Trinajstić information content (AvgIpc) is 3.66. The maximum Gasteiger partial charge on any atom is 0.284 e. The summed E-state index contributed by atoms with van der Waals surface area (Å²) in [5.74, 6) is 0.163. The van der Waals surface area contributed by atoms with Gasteiger partial charge in [-0.3, -0.25) is 9.48 Å². The molecule has 0 radical (unpaired) electrons. The fourth-order valence-electron chi connectivity index (χ4n) is 5.57. The van der Waals surface area contributed by atoms with Gasteiger partial charge in [-0.05, 0) is 44.1 Å². The number of alkyl halides is 2. The number of rotatable bonds is 6. The number of nitrogens with zero attached hydrogens (tertiary/aromatic N) is 6. The van der Waals surface area contributed by atoms with Crippen LogP contribution >= 0.6 is 0 Å². The molecular weight excluding hydrogens is 460 g/mol. The summed E-state index contributed by atoms with van der Waals surface area (Å²) in [7, 11) is 0. The lowest BCUT2D eigenvalue weighted by Crippen LogP contribution is -2.38. The van der Waals surface area contributed by atoms with Crippen molar-refractivity contribution in [3.8, 4) is 0 Å². The normalized spacial score (nSPS) is 26.2. The summed E-state index contributed by atoms with van der Waals surface area (Å²) in [4.78, 5) is 19.9. The Labute approximate surface area is 199 Å². The van der Waals surface area contributed by atoms with Crippen molar-refractivity contribution < 1.29 is 23.4 Å². The second kappa shape index (κ2) is 8.83. The molecule has 3 aromatic rings. The molecule has 2 bridgehead atoms. The van der Waals surface area contributed by atoms with E-state index in [1.165, 1.54) is 15.4 Å². The third-order valence-corrected chi connectivity index (χ3v) is 7.44. The van der Waals surface area contributed by atoms with E-state index in [4.69, 9.17) is 4.74 Å². The van der Waals surface area contributed by atoms with Crippen LogP contribution in [0.1, 0.15) is 60.6 Å². The highest BCUT2D eigenvalue weighted by Crippen LogP contribution is 2.37. The van der Waals surface area contributed by atoms with Crippen molar-refractivity contribution in [2.45, 2.75) is 56.7 Å². The summed E-state index contributed by atoms with van der Waals surface area (Å²) < 4.78 is 36.5. The highest BCUT2D eigenvalue weighted by atomic mass is 19.3. The molecule has 1 saturated carbocycles. The van der Waals surface area contributed by atoms with Crippen LogP contribution in [0.2, 0.25) is 0 Å². The van der Waals surface area contributed by atoms with Crippen LogP contribution in [0.3, 0.4) is 0 Å². The van der Waals surface area contributed by atoms with Gasteiger partial charge in [-0.2, -0.15) is 5.10 Å². The molecule has 35 heavy (non-hydrogen) atoms. The molecule has 1 amide bonds. The molecule has 2 saturated heterocycles. The highest BCUT2D eigenvalue weighted by molar-refractivity contribution is 6.12. The van der Waals surface area contributed by atoms with Crippen LogP contribution in [-0.4, -0.2) is 67.3 Å². The van der Waals surface area contributed by atoms with Gasteiger partial charge in [-0.1, -0.05) is 0 Å². The second-order valence-corrected chi connectivity index (χ2v) is 9.60. The smallest absolute Gasteiger partial charge is 0.284 e. The summed E-state index contributed by atoms with van der Waals surface area (Å²) in [6.45, 7) is 1.32. The molecule has 3 aromatic heterocycles. The van der Waals surface area contributed by atoms with Crippen molar-refractivity contribution in [3.05, 3.63) is 35.9 Å². The molecule has 2 atom stereocenters. The maximum atomic E-state index is 13.9. The number of nitrogens with one attached hydrogen (secondary N) is 1. The molecule has 3 fully saturated rings. The van der Waals surface area contributed by atoms with Crippen molar-refractivity contribution in [2.75, 3.05) is 30.0 Å². The van der Waals surface area contributed by atoms with Crippen molar-refractivity contribution >= 4 is 23.1 Å². The van der Waals surface area contributed by atoms with Crippen molar-refractivity contribution in [1.29, 1.82) is 0 Å². The van der Waals surface area contributed by atoms with Gasteiger partial charge < -0.3 is 20.1 Å². The fourth-order valence-corrected chi connectivity index (χ4v) is 5.57. The molecule has 10 nitrogen and oxygen atoms in total. The first kappa shape index (κ1) is 22.4. The fraction of sp³-hybridized carbons (Fsp3) is 0.565. The Morgan fingerprint density at radius 1 is 1.23 bits per heavy atom. The molecule has 2 aliphatic heterocycles. The summed E-state index contributed by atoms with van der Waals surface area (Å²) in [5.41, 5.74) is 0.135. The van der Waals surface area contributed by atoms with E-state index in [0.717, 1.165) is 32.1 Å². The molecular formula is C23H27F2N7O3. The number of aliphatic hydroxyl groups is 1. The molecule has 186 valence electrons. The Bertz CT molecular complexity index is 1240. The van der Waals surface area contributed by atoms with E-state index in [1.807, 2.05) is 0 Å². The molecule has 0 unspecified atom stereocenters. The number of hydrogen-bond donors (Lipinski definition) is 2. The second-order valence-electron chi connectivity index (χ2n) is 9.60. The van der Waals surface area contributed by atoms with Crippen LogP contribution in [0.5, 0.6) is 0 Å². The number of amides is 1. The quantitative estimate of drug-likeness (QED) is 0.550. The Morgan fingerprint density at radius 2 is 2.06 bits per heavy atom. The van der Waals surface area contributed by atoms with Gasteiger partial charge in [-0.15, -0.1) is 5.10 Å². The standard InChI is InChI=1S/C23H27F2N7O3/c24-20(25)19-17(10-32(28-19)14-4-2-13(11-33)3-5-14)27-23(34)18-21-26-6-1-7-31(21)29-22(18)30-9-16-8-15(30)12-35-16/h1,6-7,10,13-16,20,33H,2-5,8-9,11-12H2,(H,27,34)/t13?,14?,15-,16-/m1/s1. The minimum atomic E-state index is -2.84. The predicted octanol–water partition coefficient (Wildman–Crippen LogP) is 2.82. The van der Waals surface area contributed by atoms with Crippen LogP contribution in [0, 0.1) is 5.92 Å². The summed E-state index contributed by atoms with van der Waals surface area (Å²) in [6.07, 6.45) is 6.00. The van der Waals surface area contributed by atoms with Crippen molar-refractivity contribution in [3.63, 3.8) is 0 Å². The van der Waals surface area contributed by atoms with Gasteiger partial charge in [0.1, 0.15) is 5.56 Å². The van der Waals surface area contributed by atoms with E-state index in [2.05, 4.69) is 25.4 Å². The zero-order valence-corrected chi connectivity index (χ0v) is 19.1. The van der Waals surface area contributed by atoms with Crippen LogP contribution in [-0.2, 0) is 4.74 Å². The Morgan fingerprint density at radius 3 is 2.74 bits per heavy atom. The van der Waals surface area contributed by atoms with E-state index >= 15 is 0 Å². The lowest BCUT2D eigenvalue weighted by Gasteiger charge is -2.27. The Hall–Kier alpha value is -3.12. The first-order valence-corrected chi connectivity index (χ1v) is 12.0. The number of hydrogen-bond acceptors (Lipinski definition) is 7. The van der Waals surface area contributed by atoms with E-state index < -0.39 is 18.0 Å². The average molecular weight is 488 g/mol. The number of morpholine rings is 1. The Balaban J connectivity index is 1.31. The molecule has 2 N–H and O–H groups in total. The van der Waals surface area contributed by atoms with Crippen LogP contribution in [0.15, 0.2) is 24.7 Å². The zero-order valence-electron chi connectivity index (χ0n) is 19.1. The number of anilines is 2. The summed E-state index contributed by atoms with van der Waals surface area (Å²) in [6, 6.07) is 1.79. The molecule has 12 heteroatoms. The monoisotopic (exact) mass is 487 g/mol. The topological polar surface area (TPSA) is 110 Å². The summed E-state index contributed by atoms with van der Waals surface area (Å²) in [5, 5.41) is 20.8. The van der Waals surface area contributed by atoms with E-state index in [-0.39, 0.29) is 42.0 Å². The summed E-state index contributed by atoms with van der Waals surface area (Å²) >= 11 is 0. The van der Waals surface area contributed by atoms with Gasteiger partial charge in [0.25, 0.3) is 12.3 Å². The van der Waals surface area contributed by atoms with E-state index in [1.54, 1.807) is 18.5 Å². The van der Waals surface area contributed by atoms with E-state index in [0.29, 0.717) is 24.6 Å². The van der Waals surface area contributed by atoms with Crippen molar-refractivity contribution in [2.24, 2.45) is 5.92 Å². The van der Waals surface area contributed by atoms with Gasteiger partial charge in [-0.25, -0.2) is 18.3 Å².